The summed E-state index contributed by atoms with van der Waals surface area (Å²) in [5.74, 6) is 0.724. The van der Waals surface area contributed by atoms with Crippen LogP contribution >= 0.6 is 23.2 Å². The van der Waals surface area contributed by atoms with E-state index in [0.717, 1.165) is 5.56 Å². The van der Waals surface area contributed by atoms with Gasteiger partial charge < -0.3 is 9.84 Å². The number of rotatable bonds is 2. The van der Waals surface area contributed by atoms with Crippen molar-refractivity contribution in [2.24, 2.45) is 0 Å². The van der Waals surface area contributed by atoms with Crippen LogP contribution in [0.25, 0.3) is 11.1 Å². The van der Waals surface area contributed by atoms with Crippen molar-refractivity contribution in [1.82, 2.24) is 0 Å². The summed E-state index contributed by atoms with van der Waals surface area (Å²) in [6, 6.07) is 10.2. The molecule has 2 aromatic rings. The van der Waals surface area contributed by atoms with Crippen molar-refractivity contribution >= 4 is 23.2 Å². The Balaban J connectivity index is 2.56. The predicted molar refractivity (Wildman–Crippen MR) is 70.1 cm³/mol. The van der Waals surface area contributed by atoms with Crippen LogP contribution in [0.5, 0.6) is 11.5 Å². The highest BCUT2D eigenvalue weighted by Gasteiger charge is 2.08. The summed E-state index contributed by atoms with van der Waals surface area (Å²) in [5.41, 5.74) is 1.44. The van der Waals surface area contributed by atoms with E-state index in [1.54, 1.807) is 43.5 Å². The maximum atomic E-state index is 9.79. The van der Waals surface area contributed by atoms with Gasteiger partial charge in [-0.3, -0.25) is 0 Å². The van der Waals surface area contributed by atoms with E-state index in [9.17, 15) is 5.11 Å². The van der Waals surface area contributed by atoms with E-state index in [1.807, 2.05) is 0 Å². The second-order valence-corrected chi connectivity index (χ2v) is 4.35. The molecule has 0 heterocycles. The number of ether oxygens (including phenoxy) is 1. The first-order valence-corrected chi connectivity index (χ1v) is 5.70. The molecule has 4 heteroatoms. The van der Waals surface area contributed by atoms with Crippen LogP contribution in [-0.2, 0) is 0 Å². The fourth-order valence-electron chi connectivity index (χ4n) is 1.57. The smallest absolute Gasteiger partial charge is 0.138 e. The molecule has 0 saturated heterocycles. The summed E-state index contributed by atoms with van der Waals surface area (Å²) in [7, 11) is 1.54. The molecule has 2 rings (SSSR count). The second kappa shape index (κ2) is 4.86. The van der Waals surface area contributed by atoms with Crippen molar-refractivity contribution in [3.63, 3.8) is 0 Å². The number of benzene rings is 2. The van der Waals surface area contributed by atoms with E-state index < -0.39 is 0 Å². The minimum Gasteiger partial charge on any atom is -0.507 e. The molecule has 0 radical (unpaired) electrons. The van der Waals surface area contributed by atoms with Crippen molar-refractivity contribution in [3.8, 4) is 22.6 Å². The molecule has 0 saturated carbocycles. The van der Waals surface area contributed by atoms with Gasteiger partial charge in [-0.25, -0.2) is 0 Å². The molecule has 0 aliphatic carbocycles. The van der Waals surface area contributed by atoms with Gasteiger partial charge in [-0.15, -0.1) is 0 Å². The molecule has 0 amide bonds. The third kappa shape index (κ3) is 2.48. The van der Waals surface area contributed by atoms with Crippen molar-refractivity contribution in [3.05, 3.63) is 46.4 Å². The Bertz CT molecular complexity index is 553. The van der Waals surface area contributed by atoms with E-state index in [-0.39, 0.29) is 5.75 Å². The average molecular weight is 269 g/mol. The summed E-state index contributed by atoms with van der Waals surface area (Å²) >= 11 is 11.8. The monoisotopic (exact) mass is 268 g/mol. The molecule has 0 spiro atoms. The first-order chi connectivity index (χ1) is 8.11. The molecule has 0 aromatic heterocycles. The standard InChI is InChI=1S/C13H10Cl2O2/c1-17-13-6-8(2-4-11(13)15)10-7-9(14)3-5-12(10)16/h2-7,16H,1H3. The fourth-order valence-corrected chi connectivity index (χ4v) is 1.93. The molecule has 2 nitrogen and oxygen atoms in total. The Morgan fingerprint density at radius 2 is 1.82 bits per heavy atom. The van der Waals surface area contributed by atoms with Gasteiger partial charge in [-0.2, -0.15) is 0 Å². The third-order valence-corrected chi connectivity index (χ3v) is 2.97. The van der Waals surface area contributed by atoms with Gasteiger partial charge in [0.1, 0.15) is 11.5 Å². The molecule has 0 aliphatic heterocycles. The van der Waals surface area contributed by atoms with Gasteiger partial charge in [0.05, 0.1) is 12.1 Å². The van der Waals surface area contributed by atoms with Gasteiger partial charge in [0, 0.05) is 10.6 Å². The Kier molecular flexibility index (Phi) is 3.46. The third-order valence-electron chi connectivity index (χ3n) is 2.42. The van der Waals surface area contributed by atoms with E-state index in [4.69, 9.17) is 27.9 Å². The Morgan fingerprint density at radius 3 is 2.53 bits per heavy atom. The number of hydrogen-bond donors (Lipinski definition) is 1. The largest absolute Gasteiger partial charge is 0.507 e. The Labute approximate surface area is 109 Å². The summed E-state index contributed by atoms with van der Waals surface area (Å²) in [5, 5.41) is 10.9. The lowest BCUT2D eigenvalue weighted by Gasteiger charge is -2.08. The number of methoxy groups -OCH3 is 1. The van der Waals surface area contributed by atoms with Gasteiger partial charge in [-0.1, -0.05) is 29.3 Å². The van der Waals surface area contributed by atoms with Crippen LogP contribution in [0.2, 0.25) is 10.0 Å². The van der Waals surface area contributed by atoms with Crippen LogP contribution in [-0.4, -0.2) is 12.2 Å². The van der Waals surface area contributed by atoms with Gasteiger partial charge in [-0.05, 0) is 35.9 Å². The van der Waals surface area contributed by atoms with Gasteiger partial charge in [0.2, 0.25) is 0 Å². The van der Waals surface area contributed by atoms with E-state index >= 15 is 0 Å². The predicted octanol–water partition coefficient (Wildman–Crippen LogP) is 4.37. The van der Waals surface area contributed by atoms with Crippen LogP contribution in [0.3, 0.4) is 0 Å². The minimum absolute atomic E-state index is 0.166. The maximum Gasteiger partial charge on any atom is 0.138 e. The van der Waals surface area contributed by atoms with Crippen LogP contribution in [0, 0.1) is 0 Å². The molecule has 2 aromatic carbocycles. The number of phenols is 1. The van der Waals surface area contributed by atoms with Crippen molar-refractivity contribution in [2.45, 2.75) is 0 Å². The molecule has 0 fully saturated rings. The van der Waals surface area contributed by atoms with Crippen LogP contribution in [0.1, 0.15) is 0 Å². The lowest BCUT2D eigenvalue weighted by molar-refractivity contribution is 0.415. The van der Waals surface area contributed by atoms with Crippen molar-refractivity contribution < 1.29 is 9.84 Å². The fraction of sp³-hybridized carbons (Fsp3) is 0.0769. The highest BCUT2D eigenvalue weighted by atomic mass is 35.5. The highest BCUT2D eigenvalue weighted by molar-refractivity contribution is 6.32. The number of hydrogen-bond acceptors (Lipinski definition) is 2. The molecule has 0 unspecified atom stereocenters. The molecular formula is C13H10Cl2O2. The lowest BCUT2D eigenvalue weighted by Crippen LogP contribution is -1.86. The Hall–Kier alpha value is -1.38. The zero-order valence-electron chi connectivity index (χ0n) is 9.08. The van der Waals surface area contributed by atoms with E-state index in [0.29, 0.717) is 21.4 Å². The first kappa shape index (κ1) is 12.1. The summed E-state index contributed by atoms with van der Waals surface area (Å²) in [6.45, 7) is 0. The van der Waals surface area contributed by atoms with Crippen LogP contribution < -0.4 is 4.74 Å². The normalized spacial score (nSPS) is 10.3. The van der Waals surface area contributed by atoms with Crippen LogP contribution in [0.15, 0.2) is 36.4 Å². The molecule has 88 valence electrons. The zero-order chi connectivity index (χ0) is 12.4. The lowest BCUT2D eigenvalue weighted by atomic mass is 10.0. The summed E-state index contributed by atoms with van der Waals surface area (Å²) in [4.78, 5) is 0. The number of aromatic hydroxyl groups is 1. The SMILES string of the molecule is COc1cc(-c2cc(Cl)ccc2O)ccc1Cl. The van der Waals surface area contributed by atoms with Crippen LogP contribution in [0.4, 0.5) is 0 Å². The quantitative estimate of drug-likeness (QED) is 0.876. The van der Waals surface area contributed by atoms with Crippen molar-refractivity contribution in [1.29, 1.82) is 0 Å². The first-order valence-electron chi connectivity index (χ1n) is 4.94. The second-order valence-electron chi connectivity index (χ2n) is 3.51. The molecule has 0 aliphatic rings. The van der Waals surface area contributed by atoms with E-state index in [2.05, 4.69) is 0 Å². The van der Waals surface area contributed by atoms with Gasteiger partial charge in [0.25, 0.3) is 0 Å². The van der Waals surface area contributed by atoms with Gasteiger partial charge >= 0.3 is 0 Å². The number of phenolic OH excluding ortho intramolecular Hbond substituents is 1. The maximum absolute atomic E-state index is 9.79. The molecule has 17 heavy (non-hydrogen) atoms. The summed E-state index contributed by atoms with van der Waals surface area (Å²) in [6.07, 6.45) is 0. The minimum atomic E-state index is 0.166. The molecular weight excluding hydrogens is 259 g/mol. The van der Waals surface area contributed by atoms with Crippen molar-refractivity contribution in [2.75, 3.05) is 7.11 Å². The van der Waals surface area contributed by atoms with E-state index in [1.165, 1.54) is 0 Å². The Morgan fingerprint density at radius 1 is 1.06 bits per heavy atom. The highest BCUT2D eigenvalue weighted by Crippen LogP contribution is 2.35. The topological polar surface area (TPSA) is 29.5 Å². The molecule has 0 bridgehead atoms. The molecule has 0 atom stereocenters. The van der Waals surface area contributed by atoms with Gasteiger partial charge in [0.15, 0.2) is 0 Å². The summed E-state index contributed by atoms with van der Waals surface area (Å²) < 4.78 is 5.13. The zero-order valence-corrected chi connectivity index (χ0v) is 10.6. The molecule has 1 N–H and O–H groups in total. The number of halogens is 2. The average Bonchev–Trinajstić information content (AvgIpc) is 2.33.